The van der Waals surface area contributed by atoms with E-state index in [9.17, 15) is 4.79 Å². The lowest BCUT2D eigenvalue weighted by atomic mass is 10.0. The lowest BCUT2D eigenvalue weighted by Gasteiger charge is -2.07. The summed E-state index contributed by atoms with van der Waals surface area (Å²) in [6, 6.07) is 1.75. The van der Waals surface area contributed by atoms with E-state index in [1.807, 2.05) is 20.8 Å². The van der Waals surface area contributed by atoms with Crippen molar-refractivity contribution >= 4 is 17.0 Å². The first-order valence-electron chi connectivity index (χ1n) is 6.29. The predicted octanol–water partition coefficient (Wildman–Crippen LogP) is 1.34. The number of nitrogens with one attached hydrogen (secondary N) is 1. The highest BCUT2D eigenvalue weighted by atomic mass is 16.5. The molecule has 2 rings (SSSR count). The number of aryl methyl sites for hydroxylation is 1. The Morgan fingerprint density at radius 2 is 2.26 bits per heavy atom. The number of carbonyl (C=O) groups is 1. The number of carbonyl (C=O) groups excluding carboxylic acids is 1. The van der Waals surface area contributed by atoms with Crippen molar-refractivity contribution in [1.29, 1.82) is 0 Å². The van der Waals surface area contributed by atoms with Gasteiger partial charge in [-0.3, -0.25) is 4.79 Å². The zero-order valence-corrected chi connectivity index (χ0v) is 11.4. The van der Waals surface area contributed by atoms with Crippen LogP contribution in [-0.2, 0) is 0 Å². The van der Waals surface area contributed by atoms with Crippen molar-refractivity contribution < 1.29 is 9.32 Å². The largest absolute Gasteiger partial charge is 0.351 e. The number of nitrogens with two attached hydrogens (primary N) is 1. The summed E-state index contributed by atoms with van der Waals surface area (Å²) in [5, 5.41) is 7.47. The van der Waals surface area contributed by atoms with Crippen LogP contribution in [0.4, 0.5) is 0 Å². The minimum atomic E-state index is -0.175. The minimum absolute atomic E-state index is 0.159. The molecule has 6 heteroatoms. The first-order chi connectivity index (χ1) is 9.04. The zero-order chi connectivity index (χ0) is 14.0. The normalized spacial score (nSPS) is 11.2. The fourth-order valence-electron chi connectivity index (χ4n) is 1.95. The summed E-state index contributed by atoms with van der Waals surface area (Å²) < 4.78 is 5.22. The van der Waals surface area contributed by atoms with Gasteiger partial charge in [0.1, 0.15) is 0 Å². The predicted molar refractivity (Wildman–Crippen MR) is 72.0 cm³/mol. The highest BCUT2D eigenvalue weighted by Gasteiger charge is 2.20. The number of aromatic nitrogens is 2. The molecule has 19 heavy (non-hydrogen) atoms. The Balaban J connectivity index is 2.57. The van der Waals surface area contributed by atoms with E-state index in [1.165, 1.54) is 0 Å². The average molecular weight is 262 g/mol. The Kier molecular flexibility index (Phi) is 3.80. The summed E-state index contributed by atoms with van der Waals surface area (Å²) in [7, 11) is 0. The number of hydrogen-bond donors (Lipinski definition) is 2. The lowest BCUT2D eigenvalue weighted by molar-refractivity contribution is 0.0956. The molecular formula is C13H18N4O2. The van der Waals surface area contributed by atoms with Crippen LogP contribution in [0.2, 0.25) is 0 Å². The smallest absolute Gasteiger partial charge is 0.259 e. The third kappa shape index (κ3) is 2.58. The van der Waals surface area contributed by atoms with Gasteiger partial charge in [-0.05, 0) is 18.9 Å². The first-order valence-corrected chi connectivity index (χ1v) is 6.29. The molecule has 0 aliphatic rings. The van der Waals surface area contributed by atoms with Crippen molar-refractivity contribution in [3.63, 3.8) is 0 Å². The molecule has 0 bridgehead atoms. The molecule has 6 nitrogen and oxygen atoms in total. The number of amides is 1. The summed E-state index contributed by atoms with van der Waals surface area (Å²) in [4.78, 5) is 16.4. The second-order valence-corrected chi connectivity index (χ2v) is 4.76. The molecule has 0 fully saturated rings. The van der Waals surface area contributed by atoms with Gasteiger partial charge in [0.05, 0.1) is 16.6 Å². The second kappa shape index (κ2) is 5.36. The number of pyridine rings is 1. The molecule has 0 saturated carbocycles. The van der Waals surface area contributed by atoms with Crippen LogP contribution in [0.15, 0.2) is 10.6 Å². The molecule has 2 aromatic heterocycles. The molecule has 0 saturated heterocycles. The van der Waals surface area contributed by atoms with Crippen LogP contribution in [0.3, 0.4) is 0 Å². The molecule has 0 aromatic carbocycles. The minimum Gasteiger partial charge on any atom is -0.351 e. The van der Waals surface area contributed by atoms with Crippen molar-refractivity contribution in [3.8, 4) is 0 Å². The van der Waals surface area contributed by atoms with E-state index in [0.717, 1.165) is 11.4 Å². The fraction of sp³-hybridized carbons (Fsp3) is 0.462. The quantitative estimate of drug-likeness (QED) is 0.867. The van der Waals surface area contributed by atoms with Gasteiger partial charge in [0.25, 0.3) is 11.6 Å². The van der Waals surface area contributed by atoms with Crippen molar-refractivity contribution in [2.24, 2.45) is 5.73 Å². The van der Waals surface area contributed by atoms with Crippen molar-refractivity contribution in [2.75, 3.05) is 13.1 Å². The van der Waals surface area contributed by atoms with Gasteiger partial charge in [0.15, 0.2) is 0 Å². The summed E-state index contributed by atoms with van der Waals surface area (Å²) in [6.07, 6.45) is 0. The maximum atomic E-state index is 12.2. The Morgan fingerprint density at radius 1 is 1.53 bits per heavy atom. The van der Waals surface area contributed by atoms with Crippen LogP contribution in [0.25, 0.3) is 11.1 Å². The van der Waals surface area contributed by atoms with Gasteiger partial charge >= 0.3 is 0 Å². The molecule has 0 radical (unpaired) electrons. The van der Waals surface area contributed by atoms with Gasteiger partial charge < -0.3 is 15.6 Å². The lowest BCUT2D eigenvalue weighted by Crippen LogP contribution is -2.29. The van der Waals surface area contributed by atoms with Gasteiger partial charge in [-0.1, -0.05) is 19.0 Å². The van der Waals surface area contributed by atoms with Crippen LogP contribution in [0.5, 0.6) is 0 Å². The average Bonchev–Trinajstić information content (AvgIpc) is 2.78. The summed E-state index contributed by atoms with van der Waals surface area (Å²) in [5.41, 5.74) is 7.81. The van der Waals surface area contributed by atoms with E-state index in [0.29, 0.717) is 29.8 Å². The second-order valence-electron chi connectivity index (χ2n) is 4.76. The van der Waals surface area contributed by atoms with Crippen LogP contribution >= 0.6 is 0 Å². The maximum Gasteiger partial charge on any atom is 0.259 e. The third-order valence-electron chi connectivity index (χ3n) is 2.82. The van der Waals surface area contributed by atoms with Crippen LogP contribution < -0.4 is 11.1 Å². The summed E-state index contributed by atoms with van der Waals surface area (Å²) in [6.45, 7) is 6.65. The molecule has 102 valence electrons. The molecule has 0 aliphatic heterocycles. The van der Waals surface area contributed by atoms with Crippen LogP contribution in [-0.4, -0.2) is 29.1 Å². The number of hydrogen-bond acceptors (Lipinski definition) is 5. The fourth-order valence-corrected chi connectivity index (χ4v) is 1.95. The zero-order valence-electron chi connectivity index (χ0n) is 11.4. The highest BCUT2D eigenvalue weighted by molar-refractivity contribution is 6.06. The van der Waals surface area contributed by atoms with E-state index < -0.39 is 0 Å². The van der Waals surface area contributed by atoms with E-state index in [4.69, 9.17) is 10.3 Å². The van der Waals surface area contributed by atoms with Crippen LogP contribution in [0, 0.1) is 6.92 Å². The molecule has 1 amide bonds. The SMILES string of the molecule is Cc1cc(C(=O)NCCN)c2c(C(C)C)noc2n1. The Morgan fingerprint density at radius 3 is 2.89 bits per heavy atom. The molecule has 2 aromatic rings. The summed E-state index contributed by atoms with van der Waals surface area (Å²) in [5.74, 6) is -0.0159. The monoisotopic (exact) mass is 262 g/mol. The van der Waals surface area contributed by atoms with Gasteiger partial charge in [-0.15, -0.1) is 0 Å². The number of fused-ring (bicyclic) bond motifs is 1. The van der Waals surface area contributed by atoms with Gasteiger partial charge in [0.2, 0.25) is 0 Å². The molecule has 0 spiro atoms. The van der Waals surface area contributed by atoms with Crippen molar-refractivity contribution in [3.05, 3.63) is 23.0 Å². The van der Waals surface area contributed by atoms with E-state index >= 15 is 0 Å². The Hall–Kier alpha value is -1.95. The molecular weight excluding hydrogens is 244 g/mol. The Bertz CT molecular complexity index is 604. The standard InChI is InChI=1S/C13H18N4O2/c1-7(2)11-10-9(12(18)15-5-4-14)6-8(3)16-13(10)19-17-11/h6-7H,4-5,14H2,1-3H3,(H,15,18). The number of rotatable bonds is 4. The van der Waals surface area contributed by atoms with E-state index in [-0.39, 0.29) is 11.8 Å². The van der Waals surface area contributed by atoms with Crippen molar-refractivity contribution in [1.82, 2.24) is 15.5 Å². The molecule has 2 heterocycles. The molecule has 0 aliphatic carbocycles. The van der Waals surface area contributed by atoms with Crippen LogP contribution in [0.1, 0.15) is 41.5 Å². The third-order valence-corrected chi connectivity index (χ3v) is 2.82. The highest BCUT2D eigenvalue weighted by Crippen LogP contribution is 2.27. The topological polar surface area (TPSA) is 94.0 Å². The van der Waals surface area contributed by atoms with Gasteiger partial charge in [-0.25, -0.2) is 4.98 Å². The molecule has 0 atom stereocenters. The first kappa shape index (κ1) is 13.5. The summed E-state index contributed by atoms with van der Waals surface area (Å²) >= 11 is 0. The van der Waals surface area contributed by atoms with E-state index in [2.05, 4.69) is 15.5 Å². The van der Waals surface area contributed by atoms with Gasteiger partial charge in [-0.2, -0.15) is 0 Å². The van der Waals surface area contributed by atoms with E-state index in [1.54, 1.807) is 6.07 Å². The van der Waals surface area contributed by atoms with Gasteiger partial charge in [0, 0.05) is 18.8 Å². The molecule has 0 unspecified atom stereocenters. The number of nitrogens with zero attached hydrogens (tertiary/aromatic N) is 2. The van der Waals surface area contributed by atoms with Crippen molar-refractivity contribution in [2.45, 2.75) is 26.7 Å². The maximum absolute atomic E-state index is 12.2. The molecule has 3 N–H and O–H groups in total. The Labute approximate surface area is 111 Å².